The Morgan fingerprint density at radius 3 is 2.74 bits per heavy atom. The zero-order valence-corrected chi connectivity index (χ0v) is 18.9. The molecule has 0 bridgehead atoms. The molecule has 3 aromatic rings. The molecule has 34 heavy (non-hydrogen) atoms. The first-order valence-corrected chi connectivity index (χ1v) is 12.0. The van der Waals surface area contributed by atoms with E-state index in [1.165, 1.54) is 6.07 Å². The van der Waals surface area contributed by atoms with Crippen molar-refractivity contribution in [2.45, 2.75) is 12.7 Å². The van der Waals surface area contributed by atoms with Crippen LogP contribution in [-0.2, 0) is 33.1 Å². The number of carbonyl (C=O) groups is 2. The number of alkyl halides is 3. The molecular weight excluding hydrogens is 473 g/mol. The maximum absolute atomic E-state index is 13.0. The fraction of sp³-hybridized carbons (Fsp3) is 0.318. The number of aryl methyl sites for hydroxylation is 1. The van der Waals surface area contributed by atoms with Gasteiger partial charge in [-0.15, -0.1) is 0 Å². The second-order valence-corrected chi connectivity index (χ2v) is 9.22. The van der Waals surface area contributed by atoms with E-state index in [0.717, 1.165) is 18.2 Å². The Hall–Kier alpha value is -3.25. The summed E-state index contributed by atoms with van der Waals surface area (Å²) in [5.74, 6) is -0.566. The standard InChI is InChI=1S/C22H21F3N4O4S/c1-34(32)10-8-29-18-6-5-16(28-7-9-33-13-19(28)30)12-17(18)26-21(29)27-20(31)14-3-2-4-15(11-14)22(23,24)25/h2-6,11-12H,7-10,13H2,1H3,(H,26,27,31). The summed E-state index contributed by atoms with van der Waals surface area (Å²) in [5, 5.41) is 2.57. The first-order chi connectivity index (χ1) is 16.1. The second-order valence-electron chi connectivity index (χ2n) is 7.67. The monoisotopic (exact) mass is 494 g/mol. The average molecular weight is 494 g/mol. The molecular formula is C22H21F3N4O4S. The third kappa shape index (κ3) is 5.12. The number of rotatable bonds is 6. The smallest absolute Gasteiger partial charge is 0.370 e. The lowest BCUT2D eigenvalue weighted by molar-refractivity contribution is -0.137. The maximum atomic E-state index is 13.0. The molecule has 0 spiro atoms. The minimum atomic E-state index is -4.58. The summed E-state index contributed by atoms with van der Waals surface area (Å²) >= 11 is 0. The quantitative estimate of drug-likeness (QED) is 0.569. The summed E-state index contributed by atoms with van der Waals surface area (Å²) in [6.07, 6.45) is -3.04. The van der Waals surface area contributed by atoms with Gasteiger partial charge >= 0.3 is 6.18 Å². The third-order valence-corrected chi connectivity index (χ3v) is 6.07. The van der Waals surface area contributed by atoms with Gasteiger partial charge in [-0.25, -0.2) is 4.98 Å². The molecule has 0 aliphatic carbocycles. The fourth-order valence-electron chi connectivity index (χ4n) is 3.63. The molecule has 4 rings (SSSR count). The number of nitrogens with one attached hydrogen (secondary N) is 1. The predicted octanol–water partition coefficient (Wildman–Crippen LogP) is 3.05. The van der Waals surface area contributed by atoms with Crippen molar-refractivity contribution < 1.29 is 31.7 Å². The number of morpholine rings is 1. The van der Waals surface area contributed by atoms with Gasteiger partial charge in [-0.3, -0.25) is 19.1 Å². The molecule has 2 amide bonds. The highest BCUT2D eigenvalue weighted by Crippen LogP contribution is 2.30. The van der Waals surface area contributed by atoms with Crippen LogP contribution >= 0.6 is 0 Å². The molecule has 1 aliphatic heterocycles. The second kappa shape index (κ2) is 9.55. The molecule has 12 heteroatoms. The van der Waals surface area contributed by atoms with Crippen LogP contribution in [0.5, 0.6) is 0 Å². The first kappa shape index (κ1) is 23.9. The first-order valence-electron chi connectivity index (χ1n) is 10.3. The molecule has 2 aromatic carbocycles. The highest BCUT2D eigenvalue weighted by Gasteiger charge is 2.31. The van der Waals surface area contributed by atoms with Crippen molar-refractivity contribution in [1.29, 1.82) is 0 Å². The number of anilines is 2. The lowest BCUT2D eigenvalue weighted by Crippen LogP contribution is -2.41. The van der Waals surface area contributed by atoms with E-state index in [1.807, 2.05) is 0 Å². The molecule has 1 aliphatic rings. The molecule has 1 N–H and O–H groups in total. The van der Waals surface area contributed by atoms with Crippen molar-refractivity contribution in [3.63, 3.8) is 0 Å². The van der Waals surface area contributed by atoms with Gasteiger partial charge < -0.3 is 14.2 Å². The van der Waals surface area contributed by atoms with Crippen LogP contribution < -0.4 is 10.2 Å². The Kier molecular flexibility index (Phi) is 6.71. The van der Waals surface area contributed by atoms with E-state index in [-0.39, 0.29) is 36.3 Å². The van der Waals surface area contributed by atoms with E-state index in [9.17, 15) is 27.0 Å². The minimum Gasteiger partial charge on any atom is -0.370 e. The number of carbonyl (C=O) groups excluding carboxylic acids is 2. The van der Waals surface area contributed by atoms with Crippen molar-refractivity contribution in [2.75, 3.05) is 42.0 Å². The van der Waals surface area contributed by atoms with Crippen LogP contribution in [0, 0.1) is 0 Å². The molecule has 8 nitrogen and oxygen atoms in total. The largest absolute Gasteiger partial charge is 0.416 e. The zero-order chi connectivity index (χ0) is 24.5. The summed E-state index contributed by atoms with van der Waals surface area (Å²) in [4.78, 5) is 31.0. The van der Waals surface area contributed by atoms with Crippen LogP contribution in [-0.4, -0.2) is 57.3 Å². The van der Waals surface area contributed by atoms with Crippen LogP contribution in [0.3, 0.4) is 0 Å². The normalized spacial score (nSPS) is 15.5. The van der Waals surface area contributed by atoms with Gasteiger partial charge in [0, 0.05) is 47.1 Å². The summed E-state index contributed by atoms with van der Waals surface area (Å²) in [6.45, 7) is 1.03. The topological polar surface area (TPSA) is 93.5 Å². The highest BCUT2D eigenvalue weighted by atomic mass is 32.2. The van der Waals surface area contributed by atoms with Gasteiger partial charge in [-0.05, 0) is 36.4 Å². The molecule has 1 unspecified atom stereocenters. The lowest BCUT2D eigenvalue weighted by Gasteiger charge is -2.26. The van der Waals surface area contributed by atoms with Gasteiger partial charge in [0.2, 0.25) is 5.95 Å². The third-order valence-electron chi connectivity index (χ3n) is 5.31. The molecule has 0 saturated carbocycles. The van der Waals surface area contributed by atoms with E-state index in [0.29, 0.717) is 29.9 Å². The Morgan fingerprint density at radius 1 is 1.24 bits per heavy atom. The number of halogens is 3. The van der Waals surface area contributed by atoms with Crippen LogP contribution in [0.2, 0.25) is 0 Å². The van der Waals surface area contributed by atoms with Gasteiger partial charge in [0.15, 0.2) is 0 Å². The Labute approximate surface area is 195 Å². The van der Waals surface area contributed by atoms with Crippen LogP contribution in [0.15, 0.2) is 42.5 Å². The maximum Gasteiger partial charge on any atom is 0.416 e. The molecule has 1 atom stereocenters. The number of nitrogens with zero attached hydrogens (tertiary/aromatic N) is 3. The number of hydrogen-bond donors (Lipinski definition) is 1. The molecule has 2 heterocycles. The van der Waals surface area contributed by atoms with E-state index in [2.05, 4.69) is 10.3 Å². The Morgan fingerprint density at radius 2 is 2.03 bits per heavy atom. The van der Waals surface area contributed by atoms with E-state index in [4.69, 9.17) is 4.74 Å². The van der Waals surface area contributed by atoms with Gasteiger partial charge in [0.05, 0.1) is 23.2 Å². The lowest BCUT2D eigenvalue weighted by atomic mass is 10.1. The van der Waals surface area contributed by atoms with Crippen LogP contribution in [0.4, 0.5) is 24.8 Å². The predicted molar refractivity (Wildman–Crippen MR) is 121 cm³/mol. The minimum absolute atomic E-state index is 0.0207. The molecule has 1 saturated heterocycles. The van der Waals surface area contributed by atoms with E-state index < -0.39 is 28.4 Å². The van der Waals surface area contributed by atoms with Gasteiger partial charge in [-0.2, -0.15) is 13.2 Å². The number of amides is 2. The summed E-state index contributed by atoms with van der Waals surface area (Å²) in [7, 11) is -1.13. The van der Waals surface area contributed by atoms with Crippen molar-refractivity contribution in [3.8, 4) is 0 Å². The van der Waals surface area contributed by atoms with Crippen LogP contribution in [0.25, 0.3) is 11.0 Å². The molecule has 180 valence electrons. The van der Waals surface area contributed by atoms with E-state index >= 15 is 0 Å². The SMILES string of the molecule is CS(=O)CCn1c(NC(=O)c2cccc(C(F)(F)F)c2)nc2cc(N3CCOCC3=O)ccc21. The Bertz CT molecular complexity index is 1270. The van der Waals surface area contributed by atoms with E-state index in [1.54, 1.807) is 33.9 Å². The van der Waals surface area contributed by atoms with Gasteiger partial charge in [-0.1, -0.05) is 6.07 Å². The molecule has 0 radical (unpaired) electrons. The summed E-state index contributed by atoms with van der Waals surface area (Å²) < 4.78 is 57.6. The van der Waals surface area contributed by atoms with Gasteiger partial charge in [0.25, 0.3) is 11.8 Å². The average Bonchev–Trinajstić information content (AvgIpc) is 3.13. The van der Waals surface area contributed by atoms with Crippen molar-refractivity contribution in [3.05, 3.63) is 53.6 Å². The van der Waals surface area contributed by atoms with Gasteiger partial charge in [0.1, 0.15) is 6.61 Å². The number of imidazole rings is 1. The summed E-state index contributed by atoms with van der Waals surface area (Å²) in [5.41, 5.74) is 0.592. The number of aromatic nitrogens is 2. The zero-order valence-electron chi connectivity index (χ0n) is 18.1. The highest BCUT2D eigenvalue weighted by molar-refractivity contribution is 7.84. The van der Waals surface area contributed by atoms with Crippen LogP contribution in [0.1, 0.15) is 15.9 Å². The molecule has 1 aromatic heterocycles. The number of ether oxygens (including phenoxy) is 1. The number of fused-ring (bicyclic) bond motifs is 1. The molecule has 1 fully saturated rings. The van der Waals surface area contributed by atoms with Crippen molar-refractivity contribution in [2.24, 2.45) is 0 Å². The summed E-state index contributed by atoms with van der Waals surface area (Å²) in [6, 6.07) is 9.26. The number of hydrogen-bond acceptors (Lipinski definition) is 5. The van der Waals surface area contributed by atoms with Crippen molar-refractivity contribution >= 4 is 45.3 Å². The Balaban J connectivity index is 1.68. The number of benzene rings is 2. The van der Waals surface area contributed by atoms with Crippen molar-refractivity contribution in [1.82, 2.24) is 9.55 Å². The fourth-order valence-corrected chi connectivity index (χ4v) is 4.07.